The fourth-order valence-electron chi connectivity index (χ4n) is 15.3. The SMILES string of the molecule is CC(C)[C@@H](C)[C@@H]1O[C@H]1[C@](C)(O)[C@H]1CC[C@@]2(O)C3=CC(=O)[C@@H]4C[C@@H](O)[C@@H](O)C[C@]4(C)[C@H]3CC[C@]12CCc1cc(O)cc(N2CC3(CCCC3)C3(CCCCC3)C2=O)c1. The number of carbonyl (C=O) groups is 2. The number of epoxide rings is 1. The van der Waals surface area contributed by atoms with E-state index in [0.717, 1.165) is 55.3 Å². The zero-order valence-electron chi connectivity index (χ0n) is 35.1. The monoisotopic (exact) mass is 788 g/mol. The summed E-state index contributed by atoms with van der Waals surface area (Å²) in [5.74, 6) is 0.0252. The number of carbonyl (C=O) groups excluding carboxylic acids is 2. The smallest absolute Gasteiger partial charge is 0.233 e. The Morgan fingerprint density at radius 3 is 2.32 bits per heavy atom. The third-order valence-electron chi connectivity index (χ3n) is 18.7. The standard InChI is InChI=1S/C48H69NO8/c1-28(2)29(3)40-41(57-40)44(5,55)39-13-20-48(56)34-24-36(51)35-25-37(52)38(53)26-43(35,4)33(34)12-19-46(39,48)18-11-30-21-31(23-32(50)22-30)49-27-45(14-9-10-15-45)47(42(49)54)16-7-6-8-17-47/h21-24,28-29,33,35,37-41,50,52-53,55-56H,6-20,25-27H2,1-5H3/t29-,33+,35+,37-,38+,39-,40+,41-,43-,44-,46-,48-/m1/s1. The zero-order chi connectivity index (χ0) is 40.5. The van der Waals surface area contributed by atoms with Gasteiger partial charge < -0.3 is 35.2 Å². The molecule has 1 aromatic rings. The number of aryl methyl sites for hydroxylation is 1. The van der Waals surface area contributed by atoms with E-state index in [1.54, 1.807) is 18.2 Å². The fourth-order valence-corrected chi connectivity index (χ4v) is 15.3. The summed E-state index contributed by atoms with van der Waals surface area (Å²) in [6.07, 6.45) is 13.0. The molecular formula is C48H69NO8. The van der Waals surface area contributed by atoms with E-state index in [1.165, 1.54) is 19.3 Å². The fraction of sp³-hybridized carbons (Fsp3) is 0.792. The van der Waals surface area contributed by atoms with Crippen molar-refractivity contribution in [2.45, 2.75) is 179 Å². The lowest BCUT2D eigenvalue weighted by molar-refractivity contribution is -0.168. The minimum absolute atomic E-state index is 0.00402. The van der Waals surface area contributed by atoms with Gasteiger partial charge in [-0.3, -0.25) is 9.59 Å². The van der Waals surface area contributed by atoms with Gasteiger partial charge in [-0.25, -0.2) is 0 Å². The van der Waals surface area contributed by atoms with Crippen molar-refractivity contribution in [3.8, 4) is 5.75 Å². The molecule has 0 unspecified atom stereocenters. The van der Waals surface area contributed by atoms with Crippen LogP contribution in [-0.4, -0.2) is 79.4 Å². The highest BCUT2D eigenvalue weighted by Crippen LogP contribution is 2.71. The Hall–Kier alpha value is -2.30. The van der Waals surface area contributed by atoms with Crippen molar-refractivity contribution in [1.29, 1.82) is 0 Å². The summed E-state index contributed by atoms with van der Waals surface area (Å²) in [6.45, 7) is 11.2. The van der Waals surface area contributed by atoms with Crippen molar-refractivity contribution in [3.63, 3.8) is 0 Å². The van der Waals surface area contributed by atoms with E-state index < -0.39 is 40.2 Å². The quantitative estimate of drug-likeness (QED) is 0.174. The molecule has 2 heterocycles. The number of aromatic hydroxyl groups is 1. The average molecular weight is 788 g/mol. The number of aliphatic hydroxyl groups excluding tert-OH is 2. The largest absolute Gasteiger partial charge is 0.508 e. The molecule has 9 rings (SSSR count). The Kier molecular flexibility index (Phi) is 9.58. The van der Waals surface area contributed by atoms with Crippen LogP contribution in [0, 0.1) is 51.2 Å². The number of phenolic OH excluding ortho intramolecular Hbond substituents is 1. The predicted molar refractivity (Wildman–Crippen MR) is 217 cm³/mol. The summed E-state index contributed by atoms with van der Waals surface area (Å²) < 4.78 is 6.33. The van der Waals surface area contributed by atoms with Crippen LogP contribution in [-0.2, 0) is 20.7 Å². The first-order valence-electron chi connectivity index (χ1n) is 22.8. The Labute approximate surface area is 339 Å². The first-order valence-corrected chi connectivity index (χ1v) is 22.8. The summed E-state index contributed by atoms with van der Waals surface area (Å²) in [7, 11) is 0. The number of aliphatic hydroxyl groups is 4. The molecule has 9 nitrogen and oxygen atoms in total. The maximum atomic E-state index is 14.6. The number of anilines is 1. The van der Waals surface area contributed by atoms with E-state index in [9.17, 15) is 35.1 Å². The Balaban J connectivity index is 1.07. The highest BCUT2D eigenvalue weighted by atomic mass is 16.6. The molecule has 6 aliphatic carbocycles. The Morgan fingerprint density at radius 1 is 0.912 bits per heavy atom. The Morgan fingerprint density at radius 2 is 1.61 bits per heavy atom. The van der Waals surface area contributed by atoms with E-state index in [4.69, 9.17) is 4.74 Å². The molecule has 8 aliphatic rings. The number of hydrogen-bond donors (Lipinski definition) is 5. The van der Waals surface area contributed by atoms with Crippen molar-refractivity contribution in [2.24, 2.45) is 51.2 Å². The molecule has 12 atom stereocenters. The molecule has 2 spiro atoms. The van der Waals surface area contributed by atoms with Gasteiger partial charge in [-0.2, -0.15) is 0 Å². The second-order valence-corrected chi connectivity index (χ2v) is 21.6. The molecule has 0 bridgehead atoms. The van der Waals surface area contributed by atoms with Crippen molar-refractivity contribution in [2.75, 3.05) is 11.4 Å². The highest BCUT2D eigenvalue weighted by Gasteiger charge is 2.72. The summed E-state index contributed by atoms with van der Waals surface area (Å²) in [6, 6.07) is 5.63. The van der Waals surface area contributed by atoms with Crippen LogP contribution in [0.4, 0.5) is 5.69 Å². The molecule has 0 aromatic heterocycles. The van der Waals surface area contributed by atoms with E-state index in [2.05, 4.69) is 33.8 Å². The molecule has 5 saturated carbocycles. The summed E-state index contributed by atoms with van der Waals surface area (Å²) in [4.78, 5) is 30.7. The third-order valence-corrected chi connectivity index (χ3v) is 18.7. The summed E-state index contributed by atoms with van der Waals surface area (Å²) >= 11 is 0. The minimum atomic E-state index is -1.38. The number of allylic oxidation sites excluding steroid dienone is 1. The van der Waals surface area contributed by atoms with Crippen LogP contribution in [0.15, 0.2) is 29.8 Å². The molecule has 9 heteroatoms. The van der Waals surface area contributed by atoms with Crippen LogP contribution in [0.5, 0.6) is 5.75 Å². The van der Waals surface area contributed by atoms with Gasteiger partial charge in [0.05, 0.1) is 34.9 Å². The van der Waals surface area contributed by atoms with E-state index in [-0.39, 0.29) is 64.7 Å². The average Bonchev–Trinajstić information content (AvgIpc) is 3.65. The number of benzene rings is 1. The van der Waals surface area contributed by atoms with Crippen LogP contribution in [0.1, 0.15) is 143 Å². The van der Waals surface area contributed by atoms with Gasteiger partial charge >= 0.3 is 0 Å². The van der Waals surface area contributed by atoms with Gasteiger partial charge in [-0.1, -0.05) is 59.8 Å². The van der Waals surface area contributed by atoms with Gasteiger partial charge in [0.15, 0.2) is 5.78 Å². The third kappa shape index (κ3) is 5.70. The maximum Gasteiger partial charge on any atom is 0.233 e. The van der Waals surface area contributed by atoms with Gasteiger partial charge in [-0.05, 0) is 142 Å². The van der Waals surface area contributed by atoms with Crippen molar-refractivity contribution in [3.05, 3.63) is 35.4 Å². The molecule has 0 radical (unpaired) electrons. The normalized spacial score (nSPS) is 42.2. The first-order chi connectivity index (χ1) is 26.9. The molecule has 314 valence electrons. The molecule has 7 fully saturated rings. The highest BCUT2D eigenvalue weighted by molar-refractivity contribution is 6.01. The van der Waals surface area contributed by atoms with Gasteiger partial charge in [-0.15, -0.1) is 0 Å². The molecule has 57 heavy (non-hydrogen) atoms. The second-order valence-electron chi connectivity index (χ2n) is 21.6. The summed E-state index contributed by atoms with van der Waals surface area (Å²) in [5, 5.41) is 59.1. The molecule has 2 aliphatic heterocycles. The van der Waals surface area contributed by atoms with Crippen molar-refractivity contribution < 1.29 is 39.9 Å². The number of ether oxygens (including phenoxy) is 1. The zero-order valence-corrected chi connectivity index (χ0v) is 35.1. The predicted octanol–water partition coefficient (Wildman–Crippen LogP) is 7.18. The van der Waals surface area contributed by atoms with Crippen LogP contribution in [0.3, 0.4) is 0 Å². The lowest BCUT2D eigenvalue weighted by Crippen LogP contribution is -2.63. The Bertz CT molecular complexity index is 1810. The minimum Gasteiger partial charge on any atom is -0.508 e. The first kappa shape index (κ1) is 40.1. The number of rotatable bonds is 8. The van der Waals surface area contributed by atoms with Crippen LogP contribution in [0.25, 0.3) is 0 Å². The lowest BCUT2D eigenvalue weighted by Gasteiger charge is -2.61. The topological polar surface area (TPSA) is 151 Å². The van der Waals surface area contributed by atoms with Gasteiger partial charge in [0.1, 0.15) is 11.9 Å². The molecular weight excluding hydrogens is 719 g/mol. The van der Waals surface area contributed by atoms with Gasteiger partial charge in [0.25, 0.3) is 0 Å². The number of fused-ring (bicyclic) bond motifs is 6. The van der Waals surface area contributed by atoms with Crippen molar-refractivity contribution in [1.82, 2.24) is 0 Å². The van der Waals surface area contributed by atoms with E-state index in [0.29, 0.717) is 57.4 Å². The molecule has 1 amide bonds. The van der Waals surface area contributed by atoms with Crippen molar-refractivity contribution >= 4 is 17.4 Å². The van der Waals surface area contributed by atoms with Crippen LogP contribution >= 0.6 is 0 Å². The maximum absolute atomic E-state index is 14.6. The molecule has 2 saturated heterocycles. The lowest BCUT2D eigenvalue weighted by atomic mass is 9.44. The molecule has 1 aromatic carbocycles. The number of phenols is 1. The van der Waals surface area contributed by atoms with E-state index in [1.807, 2.05) is 11.8 Å². The summed E-state index contributed by atoms with van der Waals surface area (Å²) in [5.41, 5.74) is -1.95. The number of amides is 1. The van der Waals surface area contributed by atoms with Crippen LogP contribution in [0.2, 0.25) is 0 Å². The number of hydrogen-bond acceptors (Lipinski definition) is 8. The number of nitrogens with zero attached hydrogens (tertiary/aromatic N) is 1. The molecule has 5 N–H and O–H groups in total. The van der Waals surface area contributed by atoms with Gasteiger partial charge in [0, 0.05) is 35.0 Å². The van der Waals surface area contributed by atoms with Crippen LogP contribution < -0.4 is 4.90 Å². The van der Waals surface area contributed by atoms with E-state index >= 15 is 0 Å². The number of ketones is 1. The second kappa shape index (κ2) is 13.6. The van der Waals surface area contributed by atoms with Gasteiger partial charge in [0.2, 0.25) is 5.91 Å².